The molecule has 0 atom stereocenters. The number of aryl methyl sites for hydroxylation is 9. The van der Waals surface area contributed by atoms with E-state index in [0.29, 0.717) is 151 Å². The molecule has 1 aliphatic rings. The van der Waals surface area contributed by atoms with E-state index in [0.717, 1.165) is 99.0 Å². The van der Waals surface area contributed by atoms with E-state index >= 15 is 0 Å². The number of rotatable bonds is 33. The van der Waals surface area contributed by atoms with Crippen molar-refractivity contribution in [2.24, 2.45) is 5.92 Å². The zero-order valence-corrected chi connectivity index (χ0v) is 76.8. The van der Waals surface area contributed by atoms with Gasteiger partial charge in [0.25, 0.3) is 37.8 Å². The molecular weight excluding hydrogens is 1790 g/mol. The van der Waals surface area contributed by atoms with Crippen LogP contribution in [-0.4, -0.2) is 101 Å². The quantitative estimate of drug-likeness (QED) is 0.0188. The van der Waals surface area contributed by atoms with Gasteiger partial charge >= 0.3 is 0 Å². The Hall–Kier alpha value is -10.8. The molecular formula is C94H94Cl6N8O15S3. The molecule has 7 N–H and O–H groups in total. The highest BCUT2D eigenvalue weighted by Crippen LogP contribution is 2.35. The second-order valence-electron chi connectivity index (χ2n) is 30.6. The Kier molecular flexibility index (Phi) is 32.3. The summed E-state index contributed by atoms with van der Waals surface area (Å²) in [6, 6.07) is 54.9. The van der Waals surface area contributed by atoms with Gasteiger partial charge in [-0.05, 0) is 257 Å². The molecule has 1 aliphatic carbocycles. The van der Waals surface area contributed by atoms with E-state index in [-0.39, 0.29) is 57.7 Å². The Morgan fingerprint density at radius 2 is 0.770 bits per heavy atom. The number of hydrogen-bond donors (Lipinski definition) is 7. The Morgan fingerprint density at radius 3 is 1.15 bits per heavy atom. The average molecular weight is 1880 g/mol. The lowest BCUT2D eigenvalue weighted by atomic mass is 9.89. The van der Waals surface area contributed by atoms with Crippen LogP contribution < -0.4 is 43.2 Å². The van der Waals surface area contributed by atoms with Gasteiger partial charge in [0.05, 0.1) is 36.7 Å². The molecule has 9 aromatic carbocycles. The van der Waals surface area contributed by atoms with Crippen LogP contribution in [0.25, 0.3) is 32.7 Å². The van der Waals surface area contributed by atoms with E-state index < -0.39 is 53.5 Å². The normalized spacial score (nSPS) is 12.3. The molecule has 23 nitrogen and oxygen atoms in total. The van der Waals surface area contributed by atoms with Crippen molar-refractivity contribution in [2.75, 3.05) is 32.1 Å². The summed E-state index contributed by atoms with van der Waals surface area (Å²) in [5.74, 6) is -0.00351. The molecule has 0 radical (unpaired) electrons. The van der Waals surface area contributed by atoms with Gasteiger partial charge in [-0.25, -0.2) is 44.4 Å². The molecule has 0 aliphatic heterocycles. The molecule has 0 spiro atoms. The molecule has 126 heavy (non-hydrogen) atoms. The number of H-pyrrole nitrogens is 3. The maximum atomic E-state index is 13.4. The first-order chi connectivity index (χ1) is 60.2. The average Bonchev–Trinajstić information content (AvgIpc) is 1.64. The summed E-state index contributed by atoms with van der Waals surface area (Å²) in [5, 5.41) is 8.63. The Labute approximate surface area is 762 Å². The van der Waals surface area contributed by atoms with E-state index in [2.05, 4.69) is 39.4 Å². The fourth-order valence-corrected chi connectivity index (χ4v) is 18.2. The summed E-state index contributed by atoms with van der Waals surface area (Å²) in [5.41, 5.74) is 11.9. The van der Waals surface area contributed by atoms with Crippen LogP contribution in [0.3, 0.4) is 0 Å². The number of carbonyl (C=O) groups is 4. The van der Waals surface area contributed by atoms with Crippen LogP contribution >= 0.6 is 69.6 Å². The third-order valence-corrected chi connectivity index (χ3v) is 27.4. The van der Waals surface area contributed by atoms with Crippen LogP contribution in [0, 0.1) is 47.5 Å². The number of halogens is 6. The van der Waals surface area contributed by atoms with Gasteiger partial charge in [-0.3, -0.25) is 19.2 Å². The van der Waals surface area contributed by atoms with Crippen molar-refractivity contribution in [3.05, 3.63) is 303 Å². The fourth-order valence-electron chi connectivity index (χ4n) is 14.7. The monoisotopic (exact) mass is 1880 g/mol. The zero-order valence-electron chi connectivity index (χ0n) is 69.8. The van der Waals surface area contributed by atoms with Crippen molar-refractivity contribution in [1.29, 1.82) is 0 Å². The van der Waals surface area contributed by atoms with Crippen LogP contribution in [0.1, 0.15) is 144 Å². The number of hydrogen-bond acceptors (Lipinski definition) is 16. The minimum Gasteiger partial charge on any atom is -0.494 e. The smallest absolute Gasteiger partial charge is 0.281 e. The van der Waals surface area contributed by atoms with Crippen LogP contribution in [0.4, 0.5) is 0 Å². The number of nitrogens with one attached hydrogen (secondary N) is 7. The molecule has 660 valence electrons. The molecule has 14 rings (SSSR count). The van der Waals surface area contributed by atoms with Gasteiger partial charge in [-0.2, -0.15) is 0 Å². The summed E-state index contributed by atoms with van der Waals surface area (Å²) in [4.78, 5) is 65.2. The number of carbonyl (C=O) groups excluding carboxylic acids is 4. The van der Waals surface area contributed by atoms with Crippen molar-refractivity contribution >= 4 is 156 Å². The fraction of sp³-hybridized carbons (Fsp3) is 0.266. The van der Waals surface area contributed by atoms with Crippen molar-refractivity contribution in [2.45, 2.75) is 135 Å². The first-order valence-corrected chi connectivity index (χ1v) is 47.6. The SMILES string of the molecule is Cc1cc(OCCCc2c(C(=O)NS(=O)(=O)CCNC(=O)C3CCCCC3)[nH]c3cc(Cl)ccc23)cc(C)c1Cl.Cc1cc(OCCCc2c(C(=O)NS(=O)(=O)c3ccc(OCc4ccccc4)cc3)[nH]c3cc(Cl)ccc23)cc(C)c1Cl.Cc1cc(OCCCc2c(C(=O)NS(=O)(=O)c3ccc(OCc4ccccc4)nc3)[nH]c3cc(Cl)ccc23)cc(C)c1Cl. The second kappa shape index (κ2) is 43.1. The predicted octanol–water partition coefficient (Wildman–Crippen LogP) is 20.9. The van der Waals surface area contributed by atoms with Gasteiger partial charge in [-0.15, -0.1) is 0 Å². The number of amides is 4. The first-order valence-electron chi connectivity index (χ1n) is 40.7. The molecule has 0 bridgehead atoms. The highest BCUT2D eigenvalue weighted by Gasteiger charge is 2.29. The van der Waals surface area contributed by atoms with Crippen LogP contribution in [0.2, 0.25) is 30.1 Å². The van der Waals surface area contributed by atoms with Gasteiger partial charge in [0.2, 0.25) is 21.8 Å². The highest BCUT2D eigenvalue weighted by molar-refractivity contribution is 7.90. The highest BCUT2D eigenvalue weighted by atomic mass is 35.5. The third-order valence-electron chi connectivity index (χ3n) is 21.0. The molecule has 0 saturated heterocycles. The second-order valence-corrected chi connectivity index (χ2v) is 38.2. The predicted molar refractivity (Wildman–Crippen MR) is 497 cm³/mol. The third kappa shape index (κ3) is 25.3. The minimum absolute atomic E-state index is 0.0597. The van der Waals surface area contributed by atoms with Crippen LogP contribution in [0.15, 0.2) is 204 Å². The van der Waals surface area contributed by atoms with Gasteiger partial charge < -0.3 is 44.0 Å². The van der Waals surface area contributed by atoms with E-state index in [9.17, 15) is 44.4 Å². The van der Waals surface area contributed by atoms with E-state index in [1.54, 1.807) is 54.6 Å². The van der Waals surface area contributed by atoms with Gasteiger partial charge in [0.15, 0.2) is 0 Å². The summed E-state index contributed by atoms with van der Waals surface area (Å²) in [7, 11) is -12.4. The number of nitrogens with zero attached hydrogens (tertiary/aromatic N) is 1. The first kappa shape index (κ1) is 94.4. The number of aromatic amines is 3. The number of fused-ring (bicyclic) bond motifs is 3. The van der Waals surface area contributed by atoms with Crippen molar-refractivity contribution < 1.29 is 68.1 Å². The minimum atomic E-state index is -4.23. The Morgan fingerprint density at radius 1 is 0.405 bits per heavy atom. The molecule has 13 aromatic rings. The topological polar surface area (TPSA) is 325 Å². The van der Waals surface area contributed by atoms with E-state index in [4.69, 9.17) is 93.3 Å². The summed E-state index contributed by atoms with van der Waals surface area (Å²) in [6.45, 7) is 13.3. The molecule has 1 fully saturated rings. The zero-order chi connectivity index (χ0) is 90.0. The molecule has 0 unspecified atom stereocenters. The number of pyridine rings is 1. The van der Waals surface area contributed by atoms with Crippen molar-refractivity contribution in [3.8, 4) is 28.9 Å². The van der Waals surface area contributed by atoms with Gasteiger partial charge in [0, 0.05) is 81.4 Å². The van der Waals surface area contributed by atoms with Crippen molar-refractivity contribution in [3.63, 3.8) is 0 Å². The lowest BCUT2D eigenvalue weighted by Crippen LogP contribution is -2.39. The maximum absolute atomic E-state index is 13.4. The van der Waals surface area contributed by atoms with E-state index in [1.165, 1.54) is 24.3 Å². The summed E-state index contributed by atoms with van der Waals surface area (Å²) in [6.07, 6.45) is 9.05. The largest absolute Gasteiger partial charge is 0.494 e. The van der Waals surface area contributed by atoms with Crippen molar-refractivity contribution in [1.82, 2.24) is 39.4 Å². The van der Waals surface area contributed by atoms with Gasteiger partial charge in [-0.1, -0.05) is 168 Å². The van der Waals surface area contributed by atoms with Gasteiger partial charge in [0.1, 0.15) is 58.2 Å². The van der Waals surface area contributed by atoms with E-state index in [1.807, 2.05) is 151 Å². The number of ether oxygens (including phenoxy) is 5. The lowest BCUT2D eigenvalue weighted by molar-refractivity contribution is -0.125. The maximum Gasteiger partial charge on any atom is 0.281 e. The number of aromatic nitrogens is 4. The van der Waals surface area contributed by atoms with Crippen LogP contribution in [-0.2, 0) is 67.3 Å². The Bertz CT molecular complexity index is 6130. The lowest BCUT2D eigenvalue weighted by Gasteiger charge is -2.20. The summed E-state index contributed by atoms with van der Waals surface area (Å²) >= 11 is 37.3. The number of sulfonamides is 3. The Balaban J connectivity index is 0.000000172. The molecule has 4 heterocycles. The molecule has 4 amide bonds. The molecule has 4 aromatic heterocycles. The number of benzene rings is 9. The molecule has 32 heteroatoms. The van der Waals surface area contributed by atoms with Crippen LogP contribution in [0.5, 0.6) is 28.9 Å². The standard InChI is InChI=1S/C33H30Cl2N2O5S.C32H29Cl2N3O5S.C29H35Cl2N3O5S/c1-21-17-26(18-22(2)31(21)35)41-16-6-9-29-28-15-10-24(34)19-30(28)36-32(29)33(38)37-43(39,40)27-13-11-25(12-14-27)42-20-23-7-4-3-5-8-23;1-20-15-24(16-21(2)30(20)34)41-14-6-9-27-26-12-10-23(33)17-28(26)36-31(27)32(38)37-43(39,40)25-11-13-29(35-18-25)42-19-22-7-4-3-5-8-22;1-18-15-22(16-19(2)26(18)31)39-13-6-9-24-23-11-10-21(30)17-25(23)33-27(24)29(36)34-40(37,38)14-12-32-28(35)20-7-4-3-5-8-20/h3-5,7-8,10-15,17-19,36H,6,9,16,20H2,1-2H3,(H,37,38);3-5,7-8,10-13,15-18,36H,6,9,14,19H2,1-2H3,(H,37,38);10-11,15-17,20,33H,3-9,12-14H2,1-2H3,(H,32,35)(H,34,36). The molecule has 1 saturated carbocycles. The summed E-state index contributed by atoms with van der Waals surface area (Å²) < 4.78 is 114.